The Hall–Kier alpha value is -1.56. The second-order valence-electron chi connectivity index (χ2n) is 3.71. The molecule has 5 nitrogen and oxygen atoms in total. The van der Waals surface area contributed by atoms with E-state index in [1.54, 1.807) is 16.9 Å². The van der Waals surface area contributed by atoms with E-state index in [9.17, 15) is 4.79 Å². The molecule has 0 aromatic carbocycles. The van der Waals surface area contributed by atoms with Crippen LogP contribution >= 0.6 is 15.9 Å². The van der Waals surface area contributed by atoms with Crippen LogP contribution in [0.1, 0.15) is 17.3 Å². The second-order valence-corrected chi connectivity index (χ2v) is 4.43. The van der Waals surface area contributed by atoms with Crippen LogP contribution in [0.25, 0.3) is 0 Å². The largest absolute Gasteiger partial charge is 0.457 e. The molecular formula is C11H12BrN3O2. The quantitative estimate of drug-likeness (QED) is 0.940. The highest BCUT2D eigenvalue weighted by molar-refractivity contribution is 9.10. The molecule has 1 atom stereocenters. The Balaban J connectivity index is 1.93. The van der Waals surface area contributed by atoms with Crippen molar-refractivity contribution in [3.05, 3.63) is 41.0 Å². The summed E-state index contributed by atoms with van der Waals surface area (Å²) < 4.78 is 7.23. The predicted octanol–water partition coefficient (Wildman–Crippen LogP) is 2.06. The van der Waals surface area contributed by atoms with E-state index in [0.717, 1.165) is 0 Å². The van der Waals surface area contributed by atoms with E-state index in [4.69, 9.17) is 4.42 Å². The topological polar surface area (TPSA) is 60.1 Å². The molecule has 0 fully saturated rings. The zero-order valence-electron chi connectivity index (χ0n) is 9.26. The molecule has 0 radical (unpaired) electrons. The van der Waals surface area contributed by atoms with E-state index in [0.29, 0.717) is 16.8 Å². The lowest BCUT2D eigenvalue weighted by molar-refractivity contribution is 0.0934. The van der Waals surface area contributed by atoms with Gasteiger partial charge in [0.1, 0.15) is 0 Å². The average Bonchev–Trinajstić information content (AvgIpc) is 2.88. The summed E-state index contributed by atoms with van der Waals surface area (Å²) in [4.78, 5) is 11.8. The van der Waals surface area contributed by atoms with Crippen LogP contribution in [-0.2, 0) is 6.54 Å². The zero-order valence-corrected chi connectivity index (χ0v) is 10.8. The first kappa shape index (κ1) is 11.9. The van der Waals surface area contributed by atoms with Gasteiger partial charge in [-0.3, -0.25) is 9.48 Å². The molecule has 0 spiro atoms. The Morgan fingerprint density at radius 2 is 2.53 bits per heavy atom. The summed E-state index contributed by atoms with van der Waals surface area (Å²) in [6.45, 7) is 2.56. The number of carbonyl (C=O) groups excluding carboxylic acids is 1. The Morgan fingerprint density at radius 3 is 3.12 bits per heavy atom. The van der Waals surface area contributed by atoms with E-state index >= 15 is 0 Å². The molecule has 1 amide bonds. The Morgan fingerprint density at radius 1 is 1.71 bits per heavy atom. The standard InChI is InChI=1S/C11H12BrN3O2/c1-8(7-15-5-2-4-13-15)14-11(16)9-3-6-17-10(9)12/h2-6,8H,7H2,1H3,(H,14,16). The van der Waals surface area contributed by atoms with E-state index in [1.807, 2.05) is 19.2 Å². The first-order valence-corrected chi connectivity index (χ1v) is 5.97. The molecular weight excluding hydrogens is 286 g/mol. The molecule has 2 rings (SSSR count). The number of aromatic nitrogens is 2. The lowest BCUT2D eigenvalue weighted by atomic mass is 10.2. The highest BCUT2D eigenvalue weighted by Crippen LogP contribution is 2.17. The number of halogens is 1. The summed E-state index contributed by atoms with van der Waals surface area (Å²) >= 11 is 3.17. The smallest absolute Gasteiger partial charge is 0.256 e. The molecule has 2 aromatic rings. The number of amides is 1. The van der Waals surface area contributed by atoms with E-state index in [2.05, 4.69) is 26.3 Å². The van der Waals surface area contributed by atoms with Crippen LogP contribution in [0.2, 0.25) is 0 Å². The third kappa shape index (κ3) is 2.97. The molecule has 17 heavy (non-hydrogen) atoms. The first-order chi connectivity index (χ1) is 8.16. The maximum atomic E-state index is 11.8. The van der Waals surface area contributed by atoms with E-state index < -0.39 is 0 Å². The Bertz CT molecular complexity index is 493. The number of hydrogen-bond donors (Lipinski definition) is 1. The first-order valence-electron chi connectivity index (χ1n) is 5.18. The van der Waals surface area contributed by atoms with Crippen LogP contribution < -0.4 is 5.32 Å². The van der Waals surface area contributed by atoms with Crippen molar-refractivity contribution < 1.29 is 9.21 Å². The van der Waals surface area contributed by atoms with Crippen molar-refractivity contribution in [2.75, 3.05) is 0 Å². The van der Waals surface area contributed by atoms with Gasteiger partial charge in [0.25, 0.3) is 5.91 Å². The van der Waals surface area contributed by atoms with Crippen molar-refractivity contribution in [3.63, 3.8) is 0 Å². The molecule has 0 saturated heterocycles. The van der Waals surface area contributed by atoms with Crippen molar-refractivity contribution in [2.24, 2.45) is 0 Å². The monoisotopic (exact) mass is 297 g/mol. The number of carbonyl (C=O) groups is 1. The third-order valence-electron chi connectivity index (χ3n) is 2.26. The molecule has 1 N–H and O–H groups in total. The zero-order chi connectivity index (χ0) is 12.3. The van der Waals surface area contributed by atoms with Gasteiger partial charge < -0.3 is 9.73 Å². The summed E-state index contributed by atoms with van der Waals surface area (Å²) in [5.41, 5.74) is 0.498. The van der Waals surface area contributed by atoms with Gasteiger partial charge in [0.2, 0.25) is 0 Å². The SMILES string of the molecule is CC(Cn1cccn1)NC(=O)c1ccoc1Br. The minimum absolute atomic E-state index is 0.0100. The summed E-state index contributed by atoms with van der Waals surface area (Å²) in [7, 11) is 0. The number of nitrogens with one attached hydrogen (secondary N) is 1. The van der Waals surface area contributed by atoms with Gasteiger partial charge in [-0.15, -0.1) is 0 Å². The van der Waals surface area contributed by atoms with Gasteiger partial charge in [-0.25, -0.2) is 0 Å². The molecule has 6 heteroatoms. The molecule has 0 aliphatic rings. The van der Waals surface area contributed by atoms with Gasteiger partial charge in [0, 0.05) is 18.4 Å². The van der Waals surface area contributed by atoms with Crippen LogP contribution in [0.4, 0.5) is 0 Å². The fourth-order valence-corrected chi connectivity index (χ4v) is 1.91. The van der Waals surface area contributed by atoms with Crippen LogP contribution in [-0.4, -0.2) is 21.7 Å². The lowest BCUT2D eigenvalue weighted by Crippen LogP contribution is -2.35. The van der Waals surface area contributed by atoms with Crippen molar-refractivity contribution in [1.82, 2.24) is 15.1 Å². The van der Waals surface area contributed by atoms with Crippen molar-refractivity contribution in [2.45, 2.75) is 19.5 Å². The number of hydrogen-bond acceptors (Lipinski definition) is 3. The lowest BCUT2D eigenvalue weighted by Gasteiger charge is -2.13. The van der Waals surface area contributed by atoms with Crippen LogP contribution in [0.15, 0.2) is 39.9 Å². The number of nitrogens with zero attached hydrogens (tertiary/aromatic N) is 2. The Kier molecular flexibility index (Phi) is 3.63. The predicted molar refractivity (Wildman–Crippen MR) is 65.6 cm³/mol. The molecule has 90 valence electrons. The maximum absolute atomic E-state index is 11.8. The summed E-state index contributed by atoms with van der Waals surface area (Å²) in [5.74, 6) is -0.162. The Labute approximate surface area is 107 Å². The van der Waals surface area contributed by atoms with Gasteiger partial charge in [0.05, 0.1) is 18.4 Å². The van der Waals surface area contributed by atoms with Gasteiger partial charge in [0.15, 0.2) is 4.67 Å². The number of rotatable bonds is 4. The van der Waals surface area contributed by atoms with Crippen LogP contribution in [0, 0.1) is 0 Å². The van der Waals surface area contributed by atoms with Crippen molar-refractivity contribution in [1.29, 1.82) is 0 Å². The normalized spacial score (nSPS) is 12.4. The van der Waals surface area contributed by atoms with Gasteiger partial charge in [-0.1, -0.05) is 0 Å². The second kappa shape index (κ2) is 5.18. The minimum Gasteiger partial charge on any atom is -0.457 e. The van der Waals surface area contributed by atoms with Gasteiger partial charge >= 0.3 is 0 Å². The highest BCUT2D eigenvalue weighted by Gasteiger charge is 2.15. The fraction of sp³-hybridized carbons (Fsp3) is 0.273. The summed E-state index contributed by atoms with van der Waals surface area (Å²) in [6.07, 6.45) is 5.04. The third-order valence-corrected chi connectivity index (χ3v) is 2.87. The summed E-state index contributed by atoms with van der Waals surface area (Å²) in [6, 6.07) is 3.46. The average molecular weight is 298 g/mol. The van der Waals surface area contributed by atoms with E-state index in [1.165, 1.54) is 6.26 Å². The van der Waals surface area contributed by atoms with Crippen molar-refractivity contribution in [3.8, 4) is 0 Å². The molecule has 0 aliphatic heterocycles. The highest BCUT2D eigenvalue weighted by atomic mass is 79.9. The van der Waals surface area contributed by atoms with Crippen molar-refractivity contribution >= 4 is 21.8 Å². The molecule has 2 aromatic heterocycles. The van der Waals surface area contributed by atoms with Crippen LogP contribution in [0.3, 0.4) is 0 Å². The molecule has 0 aliphatic carbocycles. The summed E-state index contributed by atoms with van der Waals surface area (Å²) in [5, 5.41) is 6.95. The fourth-order valence-electron chi connectivity index (χ4n) is 1.49. The van der Waals surface area contributed by atoms with E-state index in [-0.39, 0.29) is 11.9 Å². The molecule has 2 heterocycles. The molecule has 0 saturated carbocycles. The van der Waals surface area contributed by atoms with Gasteiger partial charge in [-0.05, 0) is 35.0 Å². The van der Waals surface area contributed by atoms with Gasteiger partial charge in [-0.2, -0.15) is 5.10 Å². The molecule has 0 bridgehead atoms. The number of furan rings is 1. The minimum atomic E-state index is -0.162. The molecule has 1 unspecified atom stereocenters. The van der Waals surface area contributed by atoms with Crippen LogP contribution in [0.5, 0.6) is 0 Å². The maximum Gasteiger partial charge on any atom is 0.256 e.